The summed E-state index contributed by atoms with van der Waals surface area (Å²) >= 11 is 0. The number of rotatable bonds is 15. The Hall–Kier alpha value is -3.99. The summed E-state index contributed by atoms with van der Waals surface area (Å²) in [6.45, 7) is 11.2. The van der Waals surface area contributed by atoms with E-state index in [1.807, 2.05) is 0 Å². The number of methoxy groups -OCH3 is 1. The summed E-state index contributed by atoms with van der Waals surface area (Å²) in [5.41, 5.74) is 7.90. The molecule has 18 nitrogen and oxygen atoms in total. The van der Waals surface area contributed by atoms with Crippen molar-refractivity contribution in [1.29, 1.82) is 0 Å². The van der Waals surface area contributed by atoms with E-state index in [9.17, 15) is 28.0 Å². The Morgan fingerprint density at radius 2 is 1.84 bits per heavy atom. The van der Waals surface area contributed by atoms with Crippen molar-refractivity contribution in [2.24, 2.45) is 5.11 Å². The number of azide groups is 1. The molecule has 0 radical (unpaired) electrons. The number of ether oxygens (including phenoxy) is 3. The van der Waals surface area contributed by atoms with E-state index >= 15 is 0 Å². The van der Waals surface area contributed by atoms with Crippen LogP contribution in [-0.4, -0.2) is 80.4 Å². The molecule has 1 aromatic heterocycles. The Bertz CT molecular complexity index is 1780. The molecular formula is C31H45N6O12PS. The van der Waals surface area contributed by atoms with Crippen molar-refractivity contribution in [2.45, 2.75) is 96.1 Å². The fourth-order valence-corrected chi connectivity index (χ4v) is 6.82. The van der Waals surface area contributed by atoms with Crippen molar-refractivity contribution < 1.29 is 46.1 Å². The number of phosphoric ester groups is 1. The predicted octanol–water partition coefficient (Wildman–Crippen LogP) is 4.19. The number of carbonyl (C=O) groups excluding carboxylic acids is 2. The third-order valence-electron chi connectivity index (χ3n) is 7.22. The Morgan fingerprint density at radius 1 is 1.18 bits per heavy atom. The van der Waals surface area contributed by atoms with Crippen molar-refractivity contribution in [3.8, 4) is 5.75 Å². The molecule has 1 saturated heterocycles. The number of nitrogens with zero attached hydrogens (tertiary/aromatic N) is 4. The minimum atomic E-state index is -4.48. The average Bonchev–Trinajstić information content (AvgIpc) is 3.43. The van der Waals surface area contributed by atoms with E-state index in [0.717, 1.165) is 4.57 Å². The van der Waals surface area contributed by atoms with E-state index in [4.69, 9.17) is 33.3 Å². The number of hydrogen-bond acceptors (Lipinski definition) is 13. The molecule has 0 bridgehead atoms. The number of phosphoric acid groups is 1. The summed E-state index contributed by atoms with van der Waals surface area (Å²) < 4.78 is 60.2. The third-order valence-corrected chi connectivity index (χ3v) is 10.5. The van der Waals surface area contributed by atoms with Crippen LogP contribution in [0.1, 0.15) is 65.3 Å². The topological polar surface area (TPSA) is 239 Å². The standard InChI is InChI=1S/C31H45N6O12PS/c1-19-17-37(28(40)34-26(19)38)25-16-22(35-36-32)24(47-25)18-46-50(42,45-13-14-51(43)31(5,6)7)49-21-11-9-20(10-12-21)15-23(27(39)44-8)33-29(41)48-30(2,3)4/h9-12,17,22-25H,13-16,18H2,1-8H3,(H,33,41)(H,34,38,40)/t22-,23+,24+,25+,50?,51?/m0/s1. The van der Waals surface area contributed by atoms with E-state index in [1.54, 1.807) is 53.7 Å². The quantitative estimate of drug-likeness (QED) is 0.0855. The largest absolute Gasteiger partial charge is 0.530 e. The minimum absolute atomic E-state index is 0.0105. The fraction of sp³-hybridized carbons (Fsp3) is 0.613. The normalized spacial score (nSPS) is 20.0. The van der Waals surface area contributed by atoms with Gasteiger partial charge in [-0.05, 0) is 71.7 Å². The van der Waals surface area contributed by atoms with Gasteiger partial charge in [-0.1, -0.05) is 17.2 Å². The maximum atomic E-state index is 14.0. The second kappa shape index (κ2) is 17.5. The molecule has 2 unspecified atom stereocenters. The van der Waals surface area contributed by atoms with E-state index in [0.29, 0.717) is 5.56 Å². The number of esters is 1. The Morgan fingerprint density at radius 3 is 2.43 bits per heavy atom. The van der Waals surface area contributed by atoms with Gasteiger partial charge in [-0.2, -0.15) is 0 Å². The van der Waals surface area contributed by atoms with Crippen LogP contribution in [0.5, 0.6) is 5.75 Å². The molecule has 51 heavy (non-hydrogen) atoms. The first-order chi connectivity index (χ1) is 23.7. The molecule has 1 aliphatic heterocycles. The number of nitrogens with one attached hydrogen (secondary N) is 2. The summed E-state index contributed by atoms with van der Waals surface area (Å²) in [5, 5.41) is 6.24. The fourth-order valence-electron chi connectivity index (χ4n) is 4.65. The zero-order valence-electron chi connectivity index (χ0n) is 29.8. The molecule has 0 spiro atoms. The highest BCUT2D eigenvalue weighted by atomic mass is 32.2. The van der Waals surface area contributed by atoms with Crippen molar-refractivity contribution in [3.05, 3.63) is 72.9 Å². The molecule has 2 aromatic rings. The number of aromatic nitrogens is 2. The predicted molar refractivity (Wildman–Crippen MR) is 186 cm³/mol. The lowest BCUT2D eigenvalue weighted by molar-refractivity contribution is -0.143. The van der Waals surface area contributed by atoms with Gasteiger partial charge < -0.3 is 24.1 Å². The van der Waals surface area contributed by atoms with Crippen molar-refractivity contribution in [3.63, 3.8) is 0 Å². The molecule has 6 atom stereocenters. The molecule has 1 fully saturated rings. The van der Waals surface area contributed by atoms with Gasteiger partial charge in [0.25, 0.3) is 5.56 Å². The molecule has 1 aromatic carbocycles. The highest BCUT2D eigenvalue weighted by Gasteiger charge is 2.40. The number of amides is 1. The number of benzene rings is 1. The second-order valence-electron chi connectivity index (χ2n) is 13.5. The maximum absolute atomic E-state index is 14.0. The van der Waals surface area contributed by atoms with Gasteiger partial charge in [0, 0.05) is 50.8 Å². The highest BCUT2D eigenvalue weighted by molar-refractivity contribution is 7.86. The number of aromatic amines is 1. The Balaban J connectivity index is 1.79. The van der Waals surface area contributed by atoms with Crippen LogP contribution in [0.4, 0.5) is 4.79 Å². The van der Waals surface area contributed by atoms with Gasteiger partial charge in [-0.15, -0.1) is 0 Å². The molecule has 20 heteroatoms. The van der Waals surface area contributed by atoms with Crippen LogP contribution >= 0.6 is 7.82 Å². The van der Waals surface area contributed by atoms with E-state index in [2.05, 4.69) is 20.3 Å². The first-order valence-corrected chi connectivity index (χ1v) is 18.7. The lowest BCUT2D eigenvalue weighted by atomic mass is 10.1. The summed E-state index contributed by atoms with van der Waals surface area (Å²) in [4.78, 5) is 54.1. The van der Waals surface area contributed by atoms with Crippen LogP contribution in [0.25, 0.3) is 10.4 Å². The smallest absolute Gasteiger partial charge is 0.467 e. The summed E-state index contributed by atoms with van der Waals surface area (Å²) in [6, 6.07) is 4.07. The van der Waals surface area contributed by atoms with Gasteiger partial charge in [0.2, 0.25) is 0 Å². The van der Waals surface area contributed by atoms with Crippen molar-refractivity contribution in [2.75, 3.05) is 26.1 Å². The molecule has 1 amide bonds. The van der Waals surface area contributed by atoms with Gasteiger partial charge in [-0.25, -0.2) is 18.9 Å². The Kier molecular flexibility index (Phi) is 14.2. The molecule has 2 N–H and O–H groups in total. The molecule has 0 saturated carbocycles. The Labute approximate surface area is 297 Å². The third kappa shape index (κ3) is 12.6. The molecule has 0 aliphatic carbocycles. The van der Waals surface area contributed by atoms with Crippen LogP contribution < -0.4 is 21.1 Å². The van der Waals surface area contributed by atoms with Crippen LogP contribution in [-0.2, 0) is 49.8 Å². The van der Waals surface area contributed by atoms with Crippen molar-refractivity contribution in [1.82, 2.24) is 14.9 Å². The zero-order chi connectivity index (χ0) is 38.1. The van der Waals surface area contributed by atoms with E-state index in [-0.39, 0.29) is 36.5 Å². The van der Waals surface area contributed by atoms with E-state index in [1.165, 1.54) is 32.4 Å². The maximum Gasteiger partial charge on any atom is 0.530 e. The lowest BCUT2D eigenvalue weighted by Gasteiger charge is -2.23. The zero-order valence-corrected chi connectivity index (χ0v) is 31.5. The second-order valence-corrected chi connectivity index (χ2v) is 17.4. The number of aryl methyl sites for hydroxylation is 1. The first-order valence-electron chi connectivity index (χ1n) is 15.9. The minimum Gasteiger partial charge on any atom is -0.467 e. The lowest BCUT2D eigenvalue weighted by Crippen LogP contribution is -2.45. The average molecular weight is 757 g/mol. The van der Waals surface area contributed by atoms with E-state index < -0.39 is 83.3 Å². The SMILES string of the molecule is COC(=O)[C@@H](Cc1ccc(OP(=O)(OCCS(=O)C(C)(C)C)OC[C@H]2O[C@@H](n3cc(C)c(=O)[nH]c3=O)C[C@@H]2N=[N+]=[N-])cc1)NC(=O)OC(C)(C)C. The van der Waals surface area contributed by atoms with Gasteiger partial charge in [0.05, 0.1) is 32.5 Å². The molecule has 1 aliphatic rings. The van der Waals surface area contributed by atoms with Crippen LogP contribution in [0, 0.1) is 6.92 Å². The number of carbonyl (C=O) groups is 2. The number of H-pyrrole nitrogens is 1. The van der Waals surface area contributed by atoms with Gasteiger partial charge >= 0.3 is 25.6 Å². The number of alkyl carbamates (subject to hydrolysis) is 1. The van der Waals surface area contributed by atoms with Crippen LogP contribution in [0.2, 0.25) is 0 Å². The highest BCUT2D eigenvalue weighted by Crippen LogP contribution is 2.50. The van der Waals surface area contributed by atoms with Crippen LogP contribution in [0.15, 0.2) is 45.2 Å². The summed E-state index contributed by atoms with van der Waals surface area (Å²) in [5.74, 6) is -0.645. The molecule has 2 heterocycles. The first kappa shape index (κ1) is 41.4. The van der Waals surface area contributed by atoms with Gasteiger partial charge in [0.1, 0.15) is 23.6 Å². The van der Waals surface area contributed by atoms with Crippen LogP contribution in [0.3, 0.4) is 0 Å². The monoisotopic (exact) mass is 756 g/mol. The summed E-state index contributed by atoms with van der Waals surface area (Å²) in [7, 11) is -4.65. The van der Waals surface area contributed by atoms with Gasteiger partial charge in [0.15, 0.2) is 0 Å². The number of hydrogen-bond donors (Lipinski definition) is 2. The van der Waals surface area contributed by atoms with Crippen molar-refractivity contribution >= 4 is 30.7 Å². The molecule has 282 valence electrons. The van der Waals surface area contributed by atoms with Gasteiger partial charge in [-0.3, -0.25) is 27.6 Å². The molecule has 3 rings (SSSR count). The molecular weight excluding hydrogens is 711 g/mol. The summed E-state index contributed by atoms with van der Waals surface area (Å²) in [6.07, 6.45) is -1.38.